The van der Waals surface area contributed by atoms with Gasteiger partial charge in [0.25, 0.3) is 0 Å². The summed E-state index contributed by atoms with van der Waals surface area (Å²) in [7, 11) is 3.25. The highest BCUT2D eigenvalue weighted by Crippen LogP contribution is 2.30. The number of piperidine rings is 1. The van der Waals surface area contributed by atoms with Gasteiger partial charge in [-0.15, -0.1) is 0 Å². The quantitative estimate of drug-likeness (QED) is 0.802. The smallest absolute Gasteiger partial charge is 0.321 e. The molecule has 6 heteroatoms. The normalized spacial score (nSPS) is 16.4. The zero-order valence-electron chi connectivity index (χ0n) is 17.0. The summed E-state index contributed by atoms with van der Waals surface area (Å²) in [5, 5.41) is 6.54. The lowest BCUT2D eigenvalue weighted by molar-refractivity contribution is 0.196. The van der Waals surface area contributed by atoms with Crippen LogP contribution in [-0.4, -0.2) is 44.3 Å². The number of ether oxygens (including phenoxy) is 2. The third-order valence-electron chi connectivity index (χ3n) is 5.22. The Morgan fingerprint density at radius 2 is 1.75 bits per heavy atom. The summed E-state index contributed by atoms with van der Waals surface area (Å²) in [6, 6.07) is 11.9. The Labute approximate surface area is 166 Å². The molecule has 2 N–H and O–H groups in total. The highest BCUT2D eigenvalue weighted by molar-refractivity contribution is 5.89. The van der Waals surface area contributed by atoms with Crippen LogP contribution in [0.5, 0.6) is 11.5 Å². The van der Waals surface area contributed by atoms with Crippen molar-refractivity contribution in [1.82, 2.24) is 4.90 Å². The molecule has 1 aliphatic heterocycles. The second kappa shape index (κ2) is 8.87. The maximum Gasteiger partial charge on any atom is 0.321 e. The maximum absolute atomic E-state index is 12.7. The zero-order valence-corrected chi connectivity index (χ0v) is 17.0. The summed E-state index contributed by atoms with van der Waals surface area (Å²) in [5.74, 6) is 1.39. The summed E-state index contributed by atoms with van der Waals surface area (Å²) < 4.78 is 10.7. The van der Waals surface area contributed by atoms with E-state index in [0.29, 0.717) is 18.0 Å². The number of carbonyl (C=O) groups is 1. The molecular weight excluding hydrogens is 354 g/mol. The Hall–Kier alpha value is -2.89. The van der Waals surface area contributed by atoms with Gasteiger partial charge in [0, 0.05) is 36.6 Å². The molecule has 1 fully saturated rings. The standard InChI is InChI=1S/C22H29N3O3/c1-15-7-8-17(12-16(15)2)24-22(26)25-11-5-6-19(14-25)23-18-9-10-20(27-3)21(13-18)28-4/h7-10,12-13,19,23H,5-6,11,14H2,1-4H3,(H,24,26). The van der Waals surface area contributed by atoms with Crippen LogP contribution in [0.15, 0.2) is 36.4 Å². The number of hydrogen-bond donors (Lipinski definition) is 2. The van der Waals surface area contributed by atoms with Gasteiger partial charge < -0.3 is 25.0 Å². The minimum absolute atomic E-state index is 0.0536. The molecule has 2 aromatic rings. The fraction of sp³-hybridized carbons (Fsp3) is 0.409. The van der Waals surface area contributed by atoms with Gasteiger partial charge in [0.15, 0.2) is 11.5 Å². The first-order chi connectivity index (χ1) is 13.5. The number of hydrogen-bond acceptors (Lipinski definition) is 4. The molecule has 0 saturated carbocycles. The topological polar surface area (TPSA) is 62.8 Å². The van der Waals surface area contributed by atoms with Gasteiger partial charge in [-0.25, -0.2) is 4.79 Å². The van der Waals surface area contributed by atoms with Gasteiger partial charge in [-0.05, 0) is 62.1 Å². The molecule has 1 unspecified atom stereocenters. The number of likely N-dealkylation sites (tertiary alicyclic amines) is 1. The van der Waals surface area contributed by atoms with Crippen molar-refractivity contribution in [3.05, 3.63) is 47.5 Å². The Bertz CT molecular complexity index is 838. The van der Waals surface area contributed by atoms with Crippen molar-refractivity contribution < 1.29 is 14.3 Å². The average molecular weight is 383 g/mol. The van der Waals surface area contributed by atoms with E-state index in [4.69, 9.17) is 9.47 Å². The van der Waals surface area contributed by atoms with Crippen LogP contribution < -0.4 is 20.1 Å². The molecule has 0 aliphatic carbocycles. The van der Waals surface area contributed by atoms with Crippen molar-refractivity contribution in [2.24, 2.45) is 0 Å². The molecule has 150 valence electrons. The van der Waals surface area contributed by atoms with Crippen LogP contribution in [-0.2, 0) is 0 Å². The molecule has 6 nitrogen and oxygen atoms in total. The van der Waals surface area contributed by atoms with Crippen molar-refractivity contribution in [2.75, 3.05) is 37.9 Å². The predicted molar refractivity (Wildman–Crippen MR) is 113 cm³/mol. The monoisotopic (exact) mass is 383 g/mol. The Balaban J connectivity index is 1.61. The summed E-state index contributed by atoms with van der Waals surface area (Å²) in [6.07, 6.45) is 1.98. The highest BCUT2D eigenvalue weighted by atomic mass is 16.5. The van der Waals surface area contributed by atoms with E-state index in [1.54, 1.807) is 14.2 Å². The second-order valence-electron chi connectivity index (χ2n) is 7.23. The number of nitrogens with one attached hydrogen (secondary N) is 2. The van der Waals surface area contributed by atoms with E-state index in [0.717, 1.165) is 30.8 Å². The van der Waals surface area contributed by atoms with Gasteiger partial charge >= 0.3 is 6.03 Å². The van der Waals surface area contributed by atoms with E-state index in [2.05, 4.69) is 24.5 Å². The van der Waals surface area contributed by atoms with Gasteiger partial charge in [0.1, 0.15) is 0 Å². The molecule has 0 spiro atoms. The number of nitrogens with zero attached hydrogens (tertiary/aromatic N) is 1. The fourth-order valence-electron chi connectivity index (χ4n) is 3.46. The first kappa shape index (κ1) is 19.9. The SMILES string of the molecule is COc1ccc(NC2CCCN(C(=O)Nc3ccc(C)c(C)c3)C2)cc1OC. The lowest BCUT2D eigenvalue weighted by atomic mass is 10.1. The van der Waals surface area contributed by atoms with Crippen LogP contribution in [0.1, 0.15) is 24.0 Å². The molecule has 0 radical (unpaired) electrons. The Morgan fingerprint density at radius 3 is 2.46 bits per heavy atom. The van der Waals surface area contributed by atoms with Crippen molar-refractivity contribution in [3.8, 4) is 11.5 Å². The highest BCUT2D eigenvalue weighted by Gasteiger charge is 2.24. The van der Waals surface area contributed by atoms with Gasteiger partial charge in [-0.1, -0.05) is 6.07 Å². The van der Waals surface area contributed by atoms with E-state index in [1.165, 1.54) is 11.1 Å². The summed E-state index contributed by atoms with van der Waals surface area (Å²) >= 11 is 0. The summed E-state index contributed by atoms with van der Waals surface area (Å²) in [4.78, 5) is 14.6. The molecule has 1 aliphatic rings. The largest absolute Gasteiger partial charge is 0.493 e. The van der Waals surface area contributed by atoms with Crippen molar-refractivity contribution in [1.29, 1.82) is 0 Å². The fourth-order valence-corrected chi connectivity index (χ4v) is 3.46. The molecule has 0 bridgehead atoms. The van der Waals surface area contributed by atoms with Crippen LogP contribution in [0, 0.1) is 13.8 Å². The predicted octanol–water partition coefficient (Wildman–Crippen LogP) is 4.43. The van der Waals surface area contributed by atoms with Crippen molar-refractivity contribution in [3.63, 3.8) is 0 Å². The summed E-state index contributed by atoms with van der Waals surface area (Å²) in [5.41, 5.74) is 4.18. The van der Waals surface area contributed by atoms with Crippen molar-refractivity contribution in [2.45, 2.75) is 32.7 Å². The van der Waals surface area contributed by atoms with E-state index in [9.17, 15) is 4.79 Å². The van der Waals surface area contributed by atoms with Crippen LogP contribution in [0.2, 0.25) is 0 Å². The molecule has 2 amide bonds. The lowest BCUT2D eigenvalue weighted by Gasteiger charge is -2.33. The van der Waals surface area contributed by atoms with Gasteiger partial charge in [-0.2, -0.15) is 0 Å². The van der Waals surface area contributed by atoms with Crippen molar-refractivity contribution >= 4 is 17.4 Å². The minimum Gasteiger partial charge on any atom is -0.493 e. The van der Waals surface area contributed by atoms with Gasteiger partial charge in [-0.3, -0.25) is 0 Å². The molecule has 28 heavy (non-hydrogen) atoms. The van der Waals surface area contributed by atoms with Gasteiger partial charge in [0.2, 0.25) is 0 Å². The molecule has 0 aromatic heterocycles. The van der Waals surface area contributed by atoms with Crippen LogP contribution in [0.4, 0.5) is 16.2 Å². The molecular formula is C22H29N3O3. The maximum atomic E-state index is 12.7. The minimum atomic E-state index is -0.0536. The number of rotatable bonds is 5. The van der Waals surface area contributed by atoms with Gasteiger partial charge in [0.05, 0.1) is 14.2 Å². The Kier molecular flexibility index (Phi) is 6.29. The number of amides is 2. The number of carbonyl (C=O) groups excluding carboxylic acids is 1. The number of methoxy groups -OCH3 is 2. The number of urea groups is 1. The molecule has 2 aromatic carbocycles. The second-order valence-corrected chi connectivity index (χ2v) is 7.23. The number of benzene rings is 2. The first-order valence-electron chi connectivity index (χ1n) is 9.62. The van der Waals surface area contributed by atoms with E-state index < -0.39 is 0 Å². The van der Waals surface area contributed by atoms with E-state index in [1.807, 2.05) is 41.3 Å². The van der Waals surface area contributed by atoms with Crippen LogP contribution in [0.3, 0.4) is 0 Å². The molecule has 1 atom stereocenters. The molecule has 1 saturated heterocycles. The molecule has 1 heterocycles. The third kappa shape index (κ3) is 4.68. The lowest BCUT2D eigenvalue weighted by Crippen LogP contribution is -2.46. The zero-order chi connectivity index (χ0) is 20.1. The summed E-state index contributed by atoms with van der Waals surface area (Å²) in [6.45, 7) is 5.54. The van der Waals surface area contributed by atoms with E-state index in [-0.39, 0.29) is 12.1 Å². The van der Waals surface area contributed by atoms with Crippen LogP contribution >= 0.6 is 0 Å². The first-order valence-corrected chi connectivity index (χ1v) is 9.62. The number of aryl methyl sites for hydroxylation is 2. The Morgan fingerprint density at radius 1 is 1.00 bits per heavy atom. The van der Waals surface area contributed by atoms with Crippen LogP contribution in [0.25, 0.3) is 0 Å². The number of anilines is 2. The van der Waals surface area contributed by atoms with E-state index >= 15 is 0 Å². The average Bonchev–Trinajstić information content (AvgIpc) is 2.71. The molecule has 3 rings (SSSR count). The third-order valence-corrected chi connectivity index (χ3v) is 5.22.